The van der Waals surface area contributed by atoms with Crippen LogP contribution in [0, 0.1) is 0 Å². The third-order valence-electron chi connectivity index (χ3n) is 3.50. The van der Waals surface area contributed by atoms with E-state index in [0.717, 1.165) is 25.5 Å². The van der Waals surface area contributed by atoms with E-state index >= 15 is 0 Å². The average molecular weight is 447 g/mol. The summed E-state index contributed by atoms with van der Waals surface area (Å²) in [4.78, 5) is 21.0. The predicted octanol–water partition coefficient (Wildman–Crippen LogP) is 3.79. The van der Waals surface area contributed by atoms with Crippen LogP contribution in [0.5, 0.6) is 0 Å². The second-order valence-corrected chi connectivity index (χ2v) is 8.20. The third-order valence-corrected chi connectivity index (χ3v) is 5.88. The maximum absolute atomic E-state index is 12.3. The van der Waals surface area contributed by atoms with Crippen molar-refractivity contribution in [2.45, 2.75) is 5.16 Å². The highest BCUT2D eigenvalue weighted by atomic mass is 79.9. The summed E-state index contributed by atoms with van der Waals surface area (Å²) in [7, 11) is 0. The summed E-state index contributed by atoms with van der Waals surface area (Å²) in [5.74, 6) is 0.132. The number of para-hydroxylation sites is 1. The second-order valence-electron chi connectivity index (χ2n) is 5.31. The van der Waals surface area contributed by atoms with Crippen molar-refractivity contribution in [2.24, 2.45) is 0 Å². The molecule has 9 heteroatoms. The summed E-state index contributed by atoms with van der Waals surface area (Å²) < 4.78 is 3.86. The topological polar surface area (TPSA) is 74.6 Å². The van der Waals surface area contributed by atoms with E-state index in [1.165, 1.54) is 23.1 Å². The van der Waals surface area contributed by atoms with Crippen molar-refractivity contribution in [2.75, 3.05) is 11.1 Å². The lowest BCUT2D eigenvalue weighted by atomic mass is 10.3. The van der Waals surface area contributed by atoms with E-state index in [1.807, 2.05) is 53.2 Å². The summed E-state index contributed by atoms with van der Waals surface area (Å²) in [5.41, 5.74) is 1.83. The number of aromatic nitrogens is 4. The number of rotatable bonds is 5. The van der Waals surface area contributed by atoms with Crippen molar-refractivity contribution in [1.82, 2.24) is 15.1 Å². The van der Waals surface area contributed by atoms with E-state index in [0.29, 0.717) is 5.13 Å². The zero-order valence-corrected chi connectivity index (χ0v) is 16.6. The van der Waals surface area contributed by atoms with Gasteiger partial charge in [-0.2, -0.15) is 5.10 Å². The van der Waals surface area contributed by atoms with Gasteiger partial charge in [-0.3, -0.25) is 4.79 Å². The lowest BCUT2D eigenvalue weighted by molar-refractivity contribution is -0.694. The van der Waals surface area contributed by atoms with Gasteiger partial charge in [0.15, 0.2) is 10.8 Å². The Morgan fingerprint density at radius 3 is 2.96 bits per heavy atom. The number of carbonyl (C=O) groups is 1. The first-order valence-corrected chi connectivity index (χ1v) is 10.3. The Balaban J connectivity index is 1.42. The molecule has 2 N–H and O–H groups in total. The van der Waals surface area contributed by atoms with Crippen molar-refractivity contribution < 1.29 is 9.48 Å². The molecule has 0 radical (unpaired) electrons. The number of benzene rings is 2. The van der Waals surface area contributed by atoms with Crippen LogP contribution >= 0.6 is 39.0 Å². The zero-order chi connectivity index (χ0) is 17.9. The lowest BCUT2D eigenvalue weighted by Crippen LogP contribution is -2.35. The Morgan fingerprint density at radius 2 is 2.12 bits per heavy atom. The molecule has 4 rings (SSSR count). The van der Waals surface area contributed by atoms with Crippen molar-refractivity contribution in [3.8, 4) is 5.69 Å². The number of H-pyrrole nitrogens is 1. The molecule has 6 nitrogen and oxygen atoms in total. The fourth-order valence-electron chi connectivity index (χ4n) is 2.36. The van der Waals surface area contributed by atoms with Crippen LogP contribution in [0.2, 0.25) is 0 Å². The minimum Gasteiger partial charge on any atom is -0.301 e. The molecule has 0 saturated heterocycles. The molecule has 4 aromatic rings. The maximum Gasteiger partial charge on any atom is 0.385 e. The molecule has 0 aliphatic heterocycles. The number of hydrogen-bond donors (Lipinski definition) is 2. The maximum atomic E-state index is 12.3. The number of thioether (sulfide) groups is 1. The number of anilines is 1. The molecule has 0 fully saturated rings. The molecule has 1 amide bonds. The van der Waals surface area contributed by atoms with Crippen molar-refractivity contribution in [3.05, 3.63) is 59.3 Å². The first-order chi connectivity index (χ1) is 12.7. The van der Waals surface area contributed by atoms with Gasteiger partial charge < -0.3 is 5.32 Å². The van der Waals surface area contributed by atoms with E-state index in [2.05, 4.69) is 36.3 Å². The summed E-state index contributed by atoms with van der Waals surface area (Å²) in [6.07, 6.45) is 1.61. The molecule has 0 aliphatic carbocycles. The third kappa shape index (κ3) is 3.79. The zero-order valence-electron chi connectivity index (χ0n) is 13.3. The van der Waals surface area contributed by atoms with Crippen molar-refractivity contribution in [1.29, 1.82) is 0 Å². The monoisotopic (exact) mass is 446 g/mol. The Hall–Kier alpha value is -2.23. The first-order valence-electron chi connectivity index (χ1n) is 7.68. The molecular formula is C17H13BrN5OS2+. The Kier molecular flexibility index (Phi) is 5.00. The Bertz CT molecular complexity index is 1060. The van der Waals surface area contributed by atoms with Crippen LogP contribution < -0.4 is 10.00 Å². The van der Waals surface area contributed by atoms with Gasteiger partial charge in [0.05, 0.1) is 16.0 Å². The number of halogens is 1. The van der Waals surface area contributed by atoms with Gasteiger partial charge >= 0.3 is 5.16 Å². The normalized spacial score (nSPS) is 11.0. The molecule has 2 aromatic heterocycles. The van der Waals surface area contributed by atoms with Gasteiger partial charge in [0.1, 0.15) is 0 Å². The van der Waals surface area contributed by atoms with Crippen molar-refractivity contribution >= 4 is 60.3 Å². The van der Waals surface area contributed by atoms with Crippen LogP contribution in [-0.2, 0) is 4.79 Å². The number of hydrogen-bond acceptors (Lipinski definition) is 5. The van der Waals surface area contributed by atoms with Gasteiger partial charge in [0.2, 0.25) is 12.2 Å². The number of nitrogens with one attached hydrogen (secondary N) is 2. The van der Waals surface area contributed by atoms with E-state index < -0.39 is 0 Å². The Labute approximate surface area is 165 Å². The highest BCUT2D eigenvalue weighted by molar-refractivity contribution is 9.10. The van der Waals surface area contributed by atoms with Gasteiger partial charge in [-0.25, -0.2) is 4.98 Å². The lowest BCUT2D eigenvalue weighted by Gasteiger charge is -1.99. The van der Waals surface area contributed by atoms with Crippen LogP contribution in [0.25, 0.3) is 15.9 Å². The van der Waals surface area contributed by atoms with Gasteiger partial charge in [0, 0.05) is 4.47 Å². The molecule has 2 aromatic carbocycles. The van der Waals surface area contributed by atoms with Crippen molar-refractivity contribution in [3.63, 3.8) is 0 Å². The van der Waals surface area contributed by atoms with E-state index in [-0.39, 0.29) is 11.7 Å². The minimum absolute atomic E-state index is 0.115. The summed E-state index contributed by atoms with van der Waals surface area (Å²) >= 11 is 6.26. The van der Waals surface area contributed by atoms with Gasteiger partial charge in [-0.15, -0.1) is 4.68 Å². The standard InChI is InChI=1S/C17H12BrN5OS2/c18-11-6-7-13-14(8-11)26-16(21-13)22-15(24)9-25-17-19-10-20-23(17)12-4-2-1-3-5-12/h1-8,10H,9H2,(H,21,22,24)/p+1. The minimum atomic E-state index is -0.115. The molecule has 26 heavy (non-hydrogen) atoms. The van der Waals surface area contributed by atoms with Crippen LogP contribution in [0.15, 0.2) is 64.5 Å². The molecule has 0 aliphatic rings. The summed E-state index contributed by atoms with van der Waals surface area (Å²) in [5, 5.41) is 7.23. The molecule has 0 bridgehead atoms. The highest BCUT2D eigenvalue weighted by Crippen LogP contribution is 2.28. The van der Waals surface area contributed by atoms with Crippen LogP contribution in [-0.4, -0.2) is 26.7 Å². The molecule has 0 saturated carbocycles. The molecule has 130 valence electrons. The quantitative estimate of drug-likeness (QED) is 0.361. The smallest absolute Gasteiger partial charge is 0.301 e. The van der Waals surface area contributed by atoms with E-state index in [9.17, 15) is 4.79 Å². The summed E-state index contributed by atoms with van der Waals surface area (Å²) in [6, 6.07) is 15.7. The molecule has 0 spiro atoms. The van der Waals surface area contributed by atoms with E-state index in [4.69, 9.17) is 0 Å². The number of thiazole rings is 1. The molecule has 2 heterocycles. The van der Waals surface area contributed by atoms with Crippen LogP contribution in [0.1, 0.15) is 0 Å². The average Bonchev–Trinajstić information content (AvgIpc) is 3.26. The second kappa shape index (κ2) is 7.56. The molecule has 0 atom stereocenters. The fraction of sp³-hybridized carbons (Fsp3) is 0.0588. The summed E-state index contributed by atoms with van der Waals surface area (Å²) in [6.45, 7) is 0. The van der Waals surface area contributed by atoms with Gasteiger partial charge in [-0.1, -0.05) is 45.5 Å². The van der Waals surface area contributed by atoms with Gasteiger partial charge in [0.25, 0.3) is 0 Å². The number of amides is 1. The fourth-order valence-corrected chi connectivity index (χ4v) is 4.54. The first kappa shape index (κ1) is 17.2. The molecular weight excluding hydrogens is 434 g/mol. The molecule has 0 unspecified atom stereocenters. The number of aromatic amines is 1. The van der Waals surface area contributed by atoms with E-state index in [1.54, 1.807) is 6.33 Å². The largest absolute Gasteiger partial charge is 0.385 e. The Morgan fingerprint density at radius 1 is 1.27 bits per heavy atom. The van der Waals surface area contributed by atoms with Crippen LogP contribution in [0.4, 0.5) is 5.13 Å². The number of fused-ring (bicyclic) bond motifs is 1. The SMILES string of the molecule is O=C(CSc1nc[nH][n+]1-c1ccccc1)Nc1nc2ccc(Br)cc2s1. The van der Waals surface area contributed by atoms with Gasteiger partial charge in [-0.05, 0) is 47.1 Å². The van der Waals surface area contributed by atoms with Crippen LogP contribution in [0.3, 0.4) is 0 Å². The number of nitrogens with zero attached hydrogens (tertiary/aromatic N) is 3. The highest BCUT2D eigenvalue weighted by Gasteiger charge is 2.19. The predicted molar refractivity (Wildman–Crippen MR) is 107 cm³/mol. The number of carbonyl (C=O) groups excluding carboxylic acids is 1.